The molecule has 1 aromatic carbocycles. The van der Waals surface area contributed by atoms with Gasteiger partial charge in [0.05, 0.1) is 6.54 Å². The van der Waals surface area contributed by atoms with E-state index in [2.05, 4.69) is 4.98 Å². The first kappa shape index (κ1) is 21.2. The van der Waals surface area contributed by atoms with Gasteiger partial charge >= 0.3 is 5.63 Å². The Morgan fingerprint density at radius 3 is 2.68 bits per heavy atom. The Morgan fingerprint density at radius 1 is 1.26 bits per heavy atom. The molecule has 0 aliphatic heterocycles. The number of nitrogens with zero attached hydrogens (tertiary/aromatic N) is 3. The van der Waals surface area contributed by atoms with Gasteiger partial charge in [0.15, 0.2) is 6.10 Å². The van der Waals surface area contributed by atoms with Crippen molar-refractivity contribution < 1.29 is 13.9 Å². The SMILES string of the molecule is Cc1c(OC(C)C(=O)N(Cc2nccn2C)C(C)C)ccc2c3c(c(=O)oc12)CCC3. The number of benzene rings is 1. The molecule has 1 aliphatic rings. The van der Waals surface area contributed by atoms with Crippen LogP contribution in [0.5, 0.6) is 5.75 Å². The van der Waals surface area contributed by atoms with E-state index in [0.29, 0.717) is 17.9 Å². The summed E-state index contributed by atoms with van der Waals surface area (Å²) in [6.45, 7) is 7.98. The van der Waals surface area contributed by atoms with Gasteiger partial charge in [-0.1, -0.05) is 0 Å². The number of rotatable bonds is 6. The van der Waals surface area contributed by atoms with Gasteiger partial charge in [0.2, 0.25) is 0 Å². The van der Waals surface area contributed by atoms with E-state index in [4.69, 9.17) is 9.15 Å². The molecule has 1 aliphatic carbocycles. The number of aromatic nitrogens is 2. The third kappa shape index (κ3) is 3.84. The van der Waals surface area contributed by atoms with Crippen LogP contribution in [0, 0.1) is 6.92 Å². The van der Waals surface area contributed by atoms with Crippen LogP contribution in [0.15, 0.2) is 33.7 Å². The number of hydrogen-bond donors (Lipinski definition) is 0. The average Bonchev–Trinajstić information content (AvgIpc) is 3.37. The monoisotopic (exact) mass is 423 g/mol. The van der Waals surface area contributed by atoms with Crippen LogP contribution in [-0.4, -0.2) is 32.5 Å². The fourth-order valence-electron chi connectivity index (χ4n) is 4.28. The second-order valence-corrected chi connectivity index (χ2v) is 8.54. The smallest absolute Gasteiger partial charge is 0.339 e. The van der Waals surface area contributed by atoms with Crippen LogP contribution in [0.3, 0.4) is 0 Å². The standard InChI is InChI=1S/C24H29N3O4/c1-14(2)27(13-21-25-11-12-26(21)5)23(28)16(4)30-20-10-9-18-17-7-6-8-19(17)24(29)31-22(18)15(20)3/h9-12,14,16H,6-8,13H2,1-5H3. The highest BCUT2D eigenvalue weighted by molar-refractivity contribution is 5.87. The van der Waals surface area contributed by atoms with Crippen LogP contribution in [0.1, 0.15) is 49.7 Å². The summed E-state index contributed by atoms with van der Waals surface area (Å²) in [5, 5.41) is 0.967. The van der Waals surface area contributed by atoms with Crippen molar-refractivity contribution >= 4 is 16.9 Å². The van der Waals surface area contributed by atoms with Crippen LogP contribution >= 0.6 is 0 Å². The molecule has 164 valence electrons. The molecule has 7 nitrogen and oxygen atoms in total. The lowest BCUT2D eigenvalue weighted by molar-refractivity contribution is -0.140. The topological polar surface area (TPSA) is 77.6 Å². The Hall–Kier alpha value is -3.09. The summed E-state index contributed by atoms with van der Waals surface area (Å²) in [7, 11) is 1.91. The highest BCUT2D eigenvalue weighted by Gasteiger charge is 2.27. The normalized spacial score (nSPS) is 14.1. The molecule has 1 amide bonds. The van der Waals surface area contributed by atoms with Gasteiger partial charge in [0.25, 0.3) is 5.91 Å². The molecular weight excluding hydrogens is 394 g/mol. The molecule has 7 heteroatoms. The molecule has 31 heavy (non-hydrogen) atoms. The summed E-state index contributed by atoms with van der Waals surface area (Å²) < 4.78 is 13.6. The minimum absolute atomic E-state index is 0.00596. The summed E-state index contributed by atoms with van der Waals surface area (Å²) >= 11 is 0. The largest absolute Gasteiger partial charge is 0.480 e. The molecule has 1 atom stereocenters. The maximum absolute atomic E-state index is 13.2. The van der Waals surface area contributed by atoms with E-state index in [9.17, 15) is 9.59 Å². The summed E-state index contributed by atoms with van der Waals surface area (Å²) in [5.74, 6) is 1.25. The molecule has 0 bridgehead atoms. The van der Waals surface area contributed by atoms with E-state index in [1.165, 1.54) is 0 Å². The fraction of sp³-hybridized carbons (Fsp3) is 0.458. The molecule has 2 heterocycles. The van der Waals surface area contributed by atoms with Crippen molar-refractivity contribution in [3.05, 3.63) is 57.5 Å². The number of aryl methyl sites for hydroxylation is 3. The lowest BCUT2D eigenvalue weighted by atomic mass is 10.0. The molecule has 1 unspecified atom stereocenters. The van der Waals surface area contributed by atoms with E-state index >= 15 is 0 Å². The Kier molecular flexibility index (Phi) is 5.60. The zero-order valence-corrected chi connectivity index (χ0v) is 18.8. The van der Waals surface area contributed by atoms with Crippen molar-refractivity contribution in [1.82, 2.24) is 14.5 Å². The van der Waals surface area contributed by atoms with Crippen molar-refractivity contribution in [2.45, 2.75) is 65.6 Å². The van der Waals surface area contributed by atoms with Gasteiger partial charge in [-0.05, 0) is 64.7 Å². The Labute approximate surface area is 181 Å². The quantitative estimate of drug-likeness (QED) is 0.567. The van der Waals surface area contributed by atoms with Crippen LogP contribution < -0.4 is 10.4 Å². The summed E-state index contributed by atoms with van der Waals surface area (Å²) in [6.07, 6.45) is 5.53. The number of imidazole rings is 1. The molecule has 0 fully saturated rings. The Morgan fingerprint density at radius 2 is 2.00 bits per heavy atom. The molecule has 0 saturated heterocycles. The van der Waals surface area contributed by atoms with Gasteiger partial charge in [-0.15, -0.1) is 0 Å². The van der Waals surface area contributed by atoms with E-state index in [1.54, 1.807) is 18.0 Å². The van der Waals surface area contributed by atoms with Gasteiger partial charge in [-0.3, -0.25) is 4.79 Å². The molecule has 0 N–H and O–H groups in total. The minimum atomic E-state index is -0.694. The van der Waals surface area contributed by atoms with Gasteiger partial charge in [0.1, 0.15) is 17.2 Å². The third-order valence-electron chi connectivity index (χ3n) is 6.13. The first-order valence-corrected chi connectivity index (χ1v) is 10.8. The first-order valence-electron chi connectivity index (χ1n) is 10.8. The molecule has 2 aromatic heterocycles. The van der Waals surface area contributed by atoms with E-state index < -0.39 is 6.10 Å². The van der Waals surface area contributed by atoms with Crippen LogP contribution in [-0.2, 0) is 31.2 Å². The molecule has 4 rings (SSSR count). The maximum Gasteiger partial charge on any atom is 0.339 e. The lowest BCUT2D eigenvalue weighted by Gasteiger charge is -2.29. The zero-order valence-electron chi connectivity index (χ0n) is 18.8. The summed E-state index contributed by atoms with van der Waals surface area (Å²) in [6, 6.07) is 3.81. The highest BCUT2D eigenvalue weighted by Crippen LogP contribution is 2.33. The van der Waals surface area contributed by atoms with E-state index in [-0.39, 0.29) is 17.6 Å². The lowest BCUT2D eigenvalue weighted by Crippen LogP contribution is -2.44. The van der Waals surface area contributed by atoms with Gasteiger partial charge in [0, 0.05) is 42.0 Å². The second kappa shape index (κ2) is 8.21. The number of carbonyl (C=O) groups excluding carboxylic acids is 1. The predicted molar refractivity (Wildman–Crippen MR) is 118 cm³/mol. The van der Waals surface area contributed by atoms with Crippen LogP contribution in [0.25, 0.3) is 11.0 Å². The summed E-state index contributed by atoms with van der Waals surface area (Å²) in [5.41, 5.74) is 2.92. The van der Waals surface area contributed by atoms with Crippen molar-refractivity contribution in [3.63, 3.8) is 0 Å². The van der Waals surface area contributed by atoms with Crippen molar-refractivity contribution in [2.24, 2.45) is 7.05 Å². The highest BCUT2D eigenvalue weighted by atomic mass is 16.5. The molecule has 0 saturated carbocycles. The maximum atomic E-state index is 13.2. The fourth-order valence-corrected chi connectivity index (χ4v) is 4.28. The van der Waals surface area contributed by atoms with Gasteiger partial charge in [-0.2, -0.15) is 0 Å². The Bertz CT molecular complexity index is 1190. The van der Waals surface area contributed by atoms with Crippen LogP contribution in [0.4, 0.5) is 0 Å². The van der Waals surface area contributed by atoms with Crippen molar-refractivity contribution in [2.75, 3.05) is 0 Å². The van der Waals surface area contributed by atoms with Gasteiger partial charge in [-0.25, -0.2) is 9.78 Å². The molecule has 0 radical (unpaired) electrons. The molecule has 0 spiro atoms. The Balaban J connectivity index is 1.60. The summed E-state index contributed by atoms with van der Waals surface area (Å²) in [4.78, 5) is 31.7. The number of hydrogen-bond acceptors (Lipinski definition) is 5. The van der Waals surface area contributed by atoms with E-state index in [1.807, 2.05) is 50.7 Å². The molecule has 3 aromatic rings. The van der Waals surface area contributed by atoms with Crippen LogP contribution in [0.2, 0.25) is 0 Å². The number of ether oxygens (including phenoxy) is 1. The average molecular weight is 424 g/mol. The van der Waals surface area contributed by atoms with Crippen molar-refractivity contribution in [3.8, 4) is 5.75 Å². The predicted octanol–water partition coefficient (Wildman–Crippen LogP) is 3.53. The first-order chi connectivity index (χ1) is 14.8. The number of fused-ring (bicyclic) bond motifs is 3. The van der Waals surface area contributed by atoms with E-state index in [0.717, 1.165) is 47.2 Å². The number of amides is 1. The second-order valence-electron chi connectivity index (χ2n) is 8.54. The molecular formula is C24H29N3O4. The van der Waals surface area contributed by atoms with Crippen molar-refractivity contribution in [1.29, 1.82) is 0 Å². The number of carbonyl (C=O) groups is 1. The minimum Gasteiger partial charge on any atom is -0.480 e. The third-order valence-corrected chi connectivity index (χ3v) is 6.13. The van der Waals surface area contributed by atoms with Gasteiger partial charge < -0.3 is 18.6 Å². The zero-order chi connectivity index (χ0) is 22.3.